The lowest BCUT2D eigenvalue weighted by Gasteiger charge is -2.02. The van der Waals surface area contributed by atoms with Crippen LogP contribution in [0.5, 0.6) is 0 Å². The van der Waals surface area contributed by atoms with E-state index in [9.17, 15) is 4.79 Å². The number of hydrogen-bond donors (Lipinski definition) is 0. The van der Waals surface area contributed by atoms with Gasteiger partial charge in [-0.25, -0.2) is 4.79 Å². The van der Waals surface area contributed by atoms with Gasteiger partial charge in [0.05, 0.1) is 18.2 Å². The molecule has 0 aliphatic rings. The monoisotopic (exact) mass is 273 g/mol. The second kappa shape index (κ2) is 5.98. The fraction of sp³-hybridized carbons (Fsp3) is 0.154. The zero-order valence-corrected chi connectivity index (χ0v) is 11.1. The highest BCUT2D eigenvalue weighted by atomic mass is 32.1. The molecule has 2 aromatic rings. The summed E-state index contributed by atoms with van der Waals surface area (Å²) in [6, 6.07) is 9.16. The minimum absolute atomic E-state index is 0.289. The van der Waals surface area contributed by atoms with Gasteiger partial charge in [0.25, 0.3) is 0 Å². The summed E-state index contributed by atoms with van der Waals surface area (Å²) in [4.78, 5) is 15.8. The van der Waals surface area contributed by atoms with Crippen LogP contribution >= 0.6 is 11.3 Å². The molecule has 0 spiro atoms. The summed E-state index contributed by atoms with van der Waals surface area (Å²) < 4.78 is 6.52. The third kappa shape index (κ3) is 3.09. The molecule has 2 rings (SSSR count). The lowest BCUT2D eigenvalue weighted by molar-refractivity contribution is 0.162. The molecule has 19 heavy (non-hydrogen) atoms. The molecule has 0 atom stereocenters. The molecule has 6 heteroatoms. The molecule has 0 fully saturated rings. The summed E-state index contributed by atoms with van der Waals surface area (Å²) in [5.41, 5.74) is 1.33. The van der Waals surface area contributed by atoms with Crippen LogP contribution in [0.3, 0.4) is 0 Å². The molecule has 5 nitrogen and oxygen atoms in total. The van der Waals surface area contributed by atoms with Gasteiger partial charge in [-0.15, -0.1) is 16.3 Å². The zero-order chi connectivity index (χ0) is 13.7. The number of nitrogens with zero attached hydrogens (tertiary/aromatic N) is 3. The van der Waals surface area contributed by atoms with E-state index < -0.39 is 6.09 Å². The Bertz CT molecular complexity index is 694. The molecular formula is C13H11N3O2S. The minimum atomic E-state index is -0.616. The van der Waals surface area contributed by atoms with E-state index in [1.165, 1.54) is 11.3 Å². The summed E-state index contributed by atoms with van der Waals surface area (Å²) >= 11 is 1.32. The number of carbonyl (C=O) groups excluding carboxylic acids is 1. The van der Waals surface area contributed by atoms with Gasteiger partial charge in [-0.2, -0.15) is 5.26 Å². The summed E-state index contributed by atoms with van der Waals surface area (Å²) in [7, 11) is 0. The first-order chi connectivity index (χ1) is 9.24. The van der Waals surface area contributed by atoms with Crippen LogP contribution in [0.1, 0.15) is 12.5 Å². The molecule has 0 unspecified atom stereocenters. The van der Waals surface area contributed by atoms with Crippen molar-refractivity contribution < 1.29 is 9.53 Å². The maximum absolute atomic E-state index is 11.4. The van der Waals surface area contributed by atoms with Crippen molar-refractivity contribution in [2.75, 3.05) is 6.61 Å². The van der Waals surface area contributed by atoms with Gasteiger partial charge in [0, 0.05) is 17.3 Å². The standard InChI is InChI=1S/C13H11N3O2S/c1-2-18-13(17)15-12-16(6-7-19-12)11-5-3-4-10(8-11)9-14/h3-8H,2H2,1H3. The normalized spacial score (nSPS) is 11.1. The Labute approximate surface area is 114 Å². The lowest BCUT2D eigenvalue weighted by atomic mass is 10.2. The number of benzene rings is 1. The van der Waals surface area contributed by atoms with Crippen molar-refractivity contribution in [3.05, 3.63) is 46.2 Å². The van der Waals surface area contributed by atoms with Crippen LogP contribution in [0, 0.1) is 11.3 Å². The first kappa shape index (κ1) is 13.1. The van der Waals surface area contributed by atoms with E-state index in [0.29, 0.717) is 10.4 Å². The lowest BCUT2D eigenvalue weighted by Crippen LogP contribution is -2.15. The van der Waals surface area contributed by atoms with Gasteiger partial charge in [0.2, 0.25) is 4.80 Å². The van der Waals surface area contributed by atoms with Gasteiger partial charge in [0.15, 0.2) is 0 Å². The Morgan fingerprint density at radius 1 is 1.58 bits per heavy atom. The van der Waals surface area contributed by atoms with Crippen molar-refractivity contribution in [1.29, 1.82) is 5.26 Å². The van der Waals surface area contributed by atoms with Gasteiger partial charge >= 0.3 is 6.09 Å². The number of aromatic nitrogens is 1. The predicted molar refractivity (Wildman–Crippen MR) is 70.9 cm³/mol. The molecule has 1 aromatic heterocycles. The number of amides is 1. The largest absolute Gasteiger partial charge is 0.448 e. The molecule has 0 bridgehead atoms. The number of hydrogen-bond acceptors (Lipinski definition) is 4. The zero-order valence-electron chi connectivity index (χ0n) is 10.2. The number of nitriles is 1. The average Bonchev–Trinajstić information content (AvgIpc) is 2.87. The van der Waals surface area contributed by atoms with E-state index in [1.54, 1.807) is 35.9 Å². The van der Waals surface area contributed by atoms with Crippen LogP contribution < -0.4 is 4.80 Å². The van der Waals surface area contributed by atoms with Crippen molar-refractivity contribution in [2.45, 2.75) is 6.92 Å². The highest BCUT2D eigenvalue weighted by molar-refractivity contribution is 7.07. The topological polar surface area (TPSA) is 67.4 Å². The Morgan fingerprint density at radius 2 is 2.42 bits per heavy atom. The number of rotatable bonds is 2. The van der Waals surface area contributed by atoms with Crippen molar-refractivity contribution in [3.8, 4) is 11.8 Å². The quantitative estimate of drug-likeness (QED) is 0.844. The van der Waals surface area contributed by atoms with Crippen LogP contribution in [0.2, 0.25) is 0 Å². The Kier molecular flexibility index (Phi) is 4.11. The highest BCUT2D eigenvalue weighted by Crippen LogP contribution is 2.09. The molecule has 1 amide bonds. The number of carbonyl (C=O) groups is 1. The van der Waals surface area contributed by atoms with Crippen LogP contribution in [-0.2, 0) is 4.74 Å². The summed E-state index contributed by atoms with van der Waals surface area (Å²) in [5.74, 6) is 0. The van der Waals surface area contributed by atoms with E-state index in [-0.39, 0.29) is 6.61 Å². The van der Waals surface area contributed by atoms with Gasteiger partial charge in [-0.05, 0) is 25.1 Å². The Hall–Kier alpha value is -2.39. The molecule has 0 aliphatic heterocycles. The van der Waals surface area contributed by atoms with Gasteiger partial charge in [-0.1, -0.05) is 6.07 Å². The number of thiazole rings is 1. The average molecular weight is 273 g/mol. The van der Waals surface area contributed by atoms with Gasteiger partial charge < -0.3 is 4.74 Å². The second-order valence-corrected chi connectivity index (χ2v) is 4.40. The second-order valence-electron chi connectivity index (χ2n) is 3.53. The van der Waals surface area contributed by atoms with Gasteiger partial charge in [-0.3, -0.25) is 4.57 Å². The van der Waals surface area contributed by atoms with Crippen LogP contribution in [-0.4, -0.2) is 17.3 Å². The van der Waals surface area contributed by atoms with Crippen molar-refractivity contribution in [3.63, 3.8) is 0 Å². The number of ether oxygens (including phenoxy) is 1. The molecule has 1 heterocycles. The first-order valence-electron chi connectivity index (χ1n) is 5.62. The van der Waals surface area contributed by atoms with E-state index in [1.807, 2.05) is 11.4 Å². The first-order valence-corrected chi connectivity index (χ1v) is 6.50. The maximum atomic E-state index is 11.4. The summed E-state index contributed by atoms with van der Waals surface area (Å²) in [6.07, 6.45) is 1.18. The molecule has 96 valence electrons. The Morgan fingerprint density at radius 3 is 3.16 bits per heavy atom. The maximum Gasteiger partial charge on any atom is 0.436 e. The molecule has 0 N–H and O–H groups in total. The SMILES string of the molecule is CCOC(=O)N=c1sccn1-c1cccc(C#N)c1. The van der Waals surface area contributed by atoms with Gasteiger partial charge in [0.1, 0.15) is 0 Å². The van der Waals surface area contributed by atoms with Crippen molar-refractivity contribution in [1.82, 2.24) is 4.57 Å². The third-order valence-electron chi connectivity index (χ3n) is 2.30. The van der Waals surface area contributed by atoms with E-state index in [2.05, 4.69) is 11.1 Å². The summed E-state index contributed by atoms with van der Waals surface area (Å²) in [6.45, 7) is 2.02. The van der Waals surface area contributed by atoms with Crippen LogP contribution in [0.15, 0.2) is 40.8 Å². The fourth-order valence-corrected chi connectivity index (χ4v) is 2.22. The summed E-state index contributed by atoms with van der Waals surface area (Å²) in [5, 5.41) is 10.7. The molecule has 0 radical (unpaired) electrons. The van der Waals surface area contributed by atoms with E-state index in [0.717, 1.165) is 5.69 Å². The molecule has 0 aliphatic carbocycles. The van der Waals surface area contributed by atoms with Crippen LogP contribution in [0.4, 0.5) is 4.79 Å². The molecule has 1 aromatic carbocycles. The van der Waals surface area contributed by atoms with Crippen LogP contribution in [0.25, 0.3) is 5.69 Å². The van der Waals surface area contributed by atoms with Crippen molar-refractivity contribution in [2.24, 2.45) is 4.99 Å². The van der Waals surface area contributed by atoms with E-state index >= 15 is 0 Å². The minimum Gasteiger partial charge on any atom is -0.448 e. The molecule has 0 saturated heterocycles. The predicted octanol–water partition coefficient (Wildman–Crippen LogP) is 2.47. The molecular weight excluding hydrogens is 262 g/mol. The van der Waals surface area contributed by atoms with E-state index in [4.69, 9.17) is 10.00 Å². The van der Waals surface area contributed by atoms with Crippen molar-refractivity contribution >= 4 is 17.4 Å². The third-order valence-corrected chi connectivity index (χ3v) is 3.05. The fourth-order valence-electron chi connectivity index (χ4n) is 1.51. The Balaban J connectivity index is 2.44. The smallest absolute Gasteiger partial charge is 0.436 e. The molecule has 0 saturated carbocycles. The highest BCUT2D eigenvalue weighted by Gasteiger charge is 2.03.